The molecule has 3 heterocycles. The van der Waals surface area contributed by atoms with Crippen molar-refractivity contribution < 1.29 is 23.8 Å². The predicted octanol–water partition coefficient (Wildman–Crippen LogP) is 3.75. The van der Waals surface area contributed by atoms with Crippen molar-refractivity contribution in [1.29, 1.82) is 0 Å². The molecule has 1 amide bonds. The molecule has 2 aromatic rings. The van der Waals surface area contributed by atoms with Crippen molar-refractivity contribution in [2.45, 2.75) is 38.2 Å². The molecule has 1 spiro atoms. The Kier molecular flexibility index (Phi) is 4.19. The van der Waals surface area contributed by atoms with Crippen LogP contribution in [0.25, 0.3) is 0 Å². The lowest BCUT2D eigenvalue weighted by atomic mass is 9.76. The first-order valence-electron chi connectivity index (χ1n) is 10.0. The highest BCUT2D eigenvalue weighted by Crippen LogP contribution is 2.56. The van der Waals surface area contributed by atoms with Crippen LogP contribution >= 0.6 is 15.9 Å². The van der Waals surface area contributed by atoms with Crippen molar-refractivity contribution in [1.82, 2.24) is 0 Å². The van der Waals surface area contributed by atoms with Gasteiger partial charge in [0.05, 0.1) is 12.3 Å². The number of ether oxygens (including phenoxy) is 3. The Morgan fingerprint density at radius 2 is 2.07 bits per heavy atom. The van der Waals surface area contributed by atoms with Gasteiger partial charge in [-0.25, -0.2) is 0 Å². The zero-order chi connectivity index (χ0) is 21.3. The average molecular weight is 472 g/mol. The Morgan fingerprint density at radius 3 is 2.83 bits per heavy atom. The summed E-state index contributed by atoms with van der Waals surface area (Å²) in [6, 6.07) is 9.58. The first-order chi connectivity index (χ1) is 14.3. The number of amides is 1. The summed E-state index contributed by atoms with van der Waals surface area (Å²) in [4.78, 5) is 27.6. The molecular formula is C23H22BrNO5. The molecular weight excluding hydrogens is 450 g/mol. The van der Waals surface area contributed by atoms with Crippen LogP contribution in [0.2, 0.25) is 0 Å². The molecule has 30 heavy (non-hydrogen) atoms. The number of anilines is 1. The molecule has 6 nitrogen and oxygen atoms in total. The van der Waals surface area contributed by atoms with Gasteiger partial charge in [-0.15, -0.1) is 0 Å². The maximum atomic E-state index is 13.9. The summed E-state index contributed by atoms with van der Waals surface area (Å²) >= 11 is 3.64. The minimum absolute atomic E-state index is 0.131. The number of carbonyl (C=O) groups excluding carboxylic acids is 2. The Morgan fingerprint density at radius 1 is 1.27 bits per heavy atom. The monoisotopic (exact) mass is 471 g/mol. The molecule has 5 rings (SSSR count). The van der Waals surface area contributed by atoms with E-state index in [4.69, 9.17) is 14.2 Å². The van der Waals surface area contributed by atoms with Gasteiger partial charge < -0.3 is 14.2 Å². The highest BCUT2D eigenvalue weighted by Gasteiger charge is 2.58. The van der Waals surface area contributed by atoms with Gasteiger partial charge in [0.2, 0.25) is 5.91 Å². The summed E-state index contributed by atoms with van der Waals surface area (Å²) in [5.41, 5.74) is 2.13. The van der Waals surface area contributed by atoms with Crippen LogP contribution in [0.1, 0.15) is 37.5 Å². The van der Waals surface area contributed by atoms with E-state index in [1.54, 1.807) is 6.92 Å². The molecule has 3 aliphatic rings. The maximum absolute atomic E-state index is 13.9. The second-order valence-corrected chi connectivity index (χ2v) is 9.37. The van der Waals surface area contributed by atoms with Crippen LogP contribution in [0.4, 0.5) is 5.69 Å². The van der Waals surface area contributed by atoms with Crippen LogP contribution in [0, 0.1) is 0 Å². The quantitative estimate of drug-likeness (QED) is 0.637. The summed E-state index contributed by atoms with van der Waals surface area (Å²) in [5, 5.41) is 0. The third-order valence-electron chi connectivity index (χ3n) is 5.98. The van der Waals surface area contributed by atoms with E-state index in [9.17, 15) is 9.59 Å². The molecule has 0 bridgehead atoms. The van der Waals surface area contributed by atoms with Gasteiger partial charge in [0, 0.05) is 28.1 Å². The first-order valence-corrected chi connectivity index (χ1v) is 10.8. The van der Waals surface area contributed by atoms with Gasteiger partial charge in [-0.1, -0.05) is 22.0 Å². The van der Waals surface area contributed by atoms with Crippen LogP contribution in [0.15, 0.2) is 34.8 Å². The molecule has 0 aromatic heterocycles. The Balaban J connectivity index is 1.66. The average Bonchev–Trinajstić information content (AvgIpc) is 3.26. The zero-order valence-electron chi connectivity index (χ0n) is 17.1. The summed E-state index contributed by atoms with van der Waals surface area (Å²) in [6.07, 6.45) is 0.759. The second kappa shape index (κ2) is 6.48. The van der Waals surface area contributed by atoms with Crippen molar-refractivity contribution in [2.75, 3.05) is 24.7 Å². The fourth-order valence-corrected chi connectivity index (χ4v) is 5.53. The third kappa shape index (κ3) is 2.61. The van der Waals surface area contributed by atoms with Crippen LogP contribution in [-0.2, 0) is 26.2 Å². The number of carbonyl (C=O) groups is 2. The van der Waals surface area contributed by atoms with Gasteiger partial charge in [-0.2, -0.15) is 0 Å². The third-order valence-corrected chi connectivity index (χ3v) is 6.64. The van der Waals surface area contributed by atoms with Crippen molar-refractivity contribution in [3.63, 3.8) is 0 Å². The van der Waals surface area contributed by atoms with E-state index in [1.807, 2.05) is 44.2 Å². The van der Waals surface area contributed by atoms with E-state index < -0.39 is 11.4 Å². The minimum atomic E-state index is -1.00. The van der Waals surface area contributed by atoms with E-state index in [2.05, 4.69) is 15.9 Å². The standard InChI is InChI=1S/C23H22BrNO5/c1-4-28-19(26)11-25-16-7-5-6-15(24)20(16)23(21(25)27)12-29-18-9-17-13(8-14(18)23)10-22(2,3)30-17/h5-9H,4,10-12H2,1-3H3. The first kappa shape index (κ1) is 19.4. The summed E-state index contributed by atoms with van der Waals surface area (Å²) in [5.74, 6) is 0.850. The van der Waals surface area contributed by atoms with Crippen LogP contribution in [-0.4, -0.2) is 37.2 Å². The van der Waals surface area contributed by atoms with Crippen LogP contribution in [0.3, 0.4) is 0 Å². The van der Waals surface area contributed by atoms with E-state index in [1.165, 1.54) is 4.90 Å². The Bertz CT molecular complexity index is 1100. The van der Waals surface area contributed by atoms with E-state index in [0.29, 0.717) is 11.4 Å². The molecule has 3 aliphatic heterocycles. The molecule has 0 radical (unpaired) electrons. The number of esters is 1. The molecule has 2 aromatic carbocycles. The largest absolute Gasteiger partial charge is 0.491 e. The molecule has 0 saturated heterocycles. The molecule has 0 aliphatic carbocycles. The molecule has 7 heteroatoms. The topological polar surface area (TPSA) is 65.1 Å². The molecule has 0 fully saturated rings. The summed E-state index contributed by atoms with van der Waals surface area (Å²) in [6.45, 7) is 6.16. The van der Waals surface area contributed by atoms with E-state index >= 15 is 0 Å². The highest BCUT2D eigenvalue weighted by atomic mass is 79.9. The van der Waals surface area contributed by atoms with Crippen molar-refractivity contribution in [2.24, 2.45) is 0 Å². The lowest BCUT2D eigenvalue weighted by Gasteiger charge is -2.23. The minimum Gasteiger partial charge on any atom is -0.491 e. The van der Waals surface area contributed by atoms with Crippen molar-refractivity contribution in [3.8, 4) is 11.5 Å². The van der Waals surface area contributed by atoms with Gasteiger partial charge in [0.1, 0.15) is 35.7 Å². The van der Waals surface area contributed by atoms with Gasteiger partial charge in [-0.05, 0) is 44.5 Å². The van der Waals surface area contributed by atoms with E-state index in [0.717, 1.165) is 33.3 Å². The predicted molar refractivity (Wildman–Crippen MR) is 114 cm³/mol. The number of halogens is 1. The molecule has 0 saturated carbocycles. The number of hydrogen-bond acceptors (Lipinski definition) is 5. The molecule has 1 atom stereocenters. The van der Waals surface area contributed by atoms with Gasteiger partial charge >= 0.3 is 5.97 Å². The smallest absolute Gasteiger partial charge is 0.326 e. The second-order valence-electron chi connectivity index (χ2n) is 8.52. The number of benzene rings is 2. The van der Waals surface area contributed by atoms with Crippen LogP contribution in [0.5, 0.6) is 11.5 Å². The SMILES string of the molecule is CCOC(=O)CN1C(=O)C2(COc3cc4c(cc32)CC(C)(C)O4)c2c(Br)cccc21. The molecule has 0 N–H and O–H groups in total. The number of nitrogens with zero attached hydrogens (tertiary/aromatic N) is 1. The number of hydrogen-bond donors (Lipinski definition) is 0. The molecule has 156 valence electrons. The lowest BCUT2D eigenvalue weighted by Crippen LogP contribution is -2.44. The van der Waals surface area contributed by atoms with E-state index in [-0.39, 0.29) is 31.3 Å². The normalized spacial score (nSPS) is 22.4. The van der Waals surface area contributed by atoms with Gasteiger partial charge in [0.25, 0.3) is 0 Å². The molecule has 1 unspecified atom stereocenters. The van der Waals surface area contributed by atoms with Gasteiger partial charge in [-0.3, -0.25) is 14.5 Å². The number of rotatable bonds is 3. The summed E-state index contributed by atoms with van der Waals surface area (Å²) in [7, 11) is 0. The zero-order valence-corrected chi connectivity index (χ0v) is 18.7. The van der Waals surface area contributed by atoms with Crippen molar-refractivity contribution in [3.05, 3.63) is 51.5 Å². The van der Waals surface area contributed by atoms with Crippen LogP contribution < -0.4 is 14.4 Å². The Hall–Kier alpha value is -2.54. The van der Waals surface area contributed by atoms with Gasteiger partial charge in [0.15, 0.2) is 0 Å². The maximum Gasteiger partial charge on any atom is 0.326 e. The Labute approximate surface area is 183 Å². The number of fused-ring (bicyclic) bond motifs is 5. The van der Waals surface area contributed by atoms with Crippen molar-refractivity contribution >= 4 is 33.5 Å². The fourth-order valence-electron chi connectivity index (χ4n) is 4.83. The lowest BCUT2D eigenvalue weighted by molar-refractivity contribution is -0.142. The summed E-state index contributed by atoms with van der Waals surface area (Å²) < 4.78 is 18.0. The fraction of sp³-hybridized carbons (Fsp3) is 0.391. The highest BCUT2D eigenvalue weighted by molar-refractivity contribution is 9.10.